The number of aromatic nitrogens is 1. The first-order valence-electron chi connectivity index (χ1n) is 7.90. The van der Waals surface area contributed by atoms with Crippen LogP contribution in [0.2, 0.25) is 5.02 Å². The molecule has 0 N–H and O–H groups in total. The maximum absolute atomic E-state index is 12.8. The molecule has 0 spiro atoms. The summed E-state index contributed by atoms with van der Waals surface area (Å²) >= 11 is 5.94. The van der Waals surface area contributed by atoms with Gasteiger partial charge in [0.25, 0.3) is 5.91 Å². The minimum absolute atomic E-state index is 0.0570. The average Bonchev–Trinajstić information content (AvgIpc) is 2.98. The fourth-order valence-electron chi connectivity index (χ4n) is 2.99. The molecule has 0 radical (unpaired) electrons. The molecule has 1 aliphatic rings. The largest absolute Gasteiger partial charge is 0.325 e. The molecule has 124 valence electrons. The normalized spacial score (nSPS) is 17.2. The van der Waals surface area contributed by atoms with Crippen molar-refractivity contribution < 1.29 is 9.59 Å². The Kier molecular flexibility index (Phi) is 4.81. The Morgan fingerprint density at radius 2 is 2.08 bits per heavy atom. The van der Waals surface area contributed by atoms with Crippen LogP contribution in [0.5, 0.6) is 0 Å². The minimum atomic E-state index is -0.469. The van der Waals surface area contributed by atoms with Gasteiger partial charge in [0, 0.05) is 30.0 Å². The maximum atomic E-state index is 12.8. The highest BCUT2D eigenvalue weighted by Crippen LogP contribution is 2.25. The van der Waals surface area contributed by atoms with Gasteiger partial charge in [-0.05, 0) is 37.6 Å². The lowest BCUT2D eigenvalue weighted by Crippen LogP contribution is -2.45. The van der Waals surface area contributed by atoms with E-state index in [1.165, 1.54) is 12.3 Å². The van der Waals surface area contributed by atoms with E-state index in [0.29, 0.717) is 24.5 Å². The lowest BCUT2D eigenvalue weighted by molar-refractivity contribution is -0.120. The van der Waals surface area contributed by atoms with Crippen molar-refractivity contribution in [1.29, 1.82) is 0 Å². The summed E-state index contributed by atoms with van der Waals surface area (Å²) < 4.78 is 0. The maximum Gasteiger partial charge on any atom is 0.273 e. The highest BCUT2D eigenvalue weighted by molar-refractivity contribution is 6.30. The van der Waals surface area contributed by atoms with E-state index in [0.717, 1.165) is 5.69 Å². The van der Waals surface area contributed by atoms with E-state index < -0.39 is 6.04 Å². The lowest BCUT2D eigenvalue weighted by atomic mass is 10.2. The van der Waals surface area contributed by atoms with Crippen LogP contribution in [0.1, 0.15) is 23.8 Å². The molecule has 0 aliphatic carbocycles. The number of rotatable bonds is 4. The van der Waals surface area contributed by atoms with Gasteiger partial charge in [-0.2, -0.15) is 0 Å². The van der Waals surface area contributed by atoms with Crippen LogP contribution < -0.4 is 4.90 Å². The quantitative estimate of drug-likeness (QED) is 0.857. The molecule has 3 rings (SSSR count). The molecule has 0 bridgehead atoms. The van der Waals surface area contributed by atoms with Crippen LogP contribution >= 0.6 is 11.6 Å². The number of carbonyl (C=O) groups excluding carboxylic acids is 2. The Morgan fingerprint density at radius 3 is 2.75 bits per heavy atom. The number of amides is 2. The van der Waals surface area contributed by atoms with Gasteiger partial charge in [-0.25, -0.2) is 0 Å². The predicted octanol–water partition coefficient (Wildman–Crippen LogP) is 3.00. The van der Waals surface area contributed by atoms with E-state index >= 15 is 0 Å². The zero-order valence-electron chi connectivity index (χ0n) is 13.4. The molecule has 2 heterocycles. The summed E-state index contributed by atoms with van der Waals surface area (Å²) in [6.45, 7) is 2.90. The van der Waals surface area contributed by atoms with Crippen molar-refractivity contribution in [1.82, 2.24) is 9.88 Å². The van der Waals surface area contributed by atoms with Crippen molar-refractivity contribution in [3.05, 3.63) is 59.4 Å². The van der Waals surface area contributed by atoms with Gasteiger partial charge in [0.05, 0.1) is 0 Å². The fourth-order valence-corrected chi connectivity index (χ4v) is 3.15. The molecular formula is C18H18ClN3O2. The van der Waals surface area contributed by atoms with Gasteiger partial charge < -0.3 is 9.80 Å². The minimum Gasteiger partial charge on any atom is -0.325 e. The number of halogens is 1. The Morgan fingerprint density at radius 1 is 1.33 bits per heavy atom. The highest BCUT2D eigenvalue weighted by Gasteiger charge is 2.38. The van der Waals surface area contributed by atoms with E-state index in [2.05, 4.69) is 4.98 Å². The molecule has 2 amide bonds. The van der Waals surface area contributed by atoms with Crippen LogP contribution in [0.4, 0.5) is 5.69 Å². The summed E-state index contributed by atoms with van der Waals surface area (Å²) in [5.41, 5.74) is 1.12. The van der Waals surface area contributed by atoms with Gasteiger partial charge in [-0.1, -0.05) is 29.8 Å². The number of carbonyl (C=O) groups is 2. The first-order valence-corrected chi connectivity index (χ1v) is 8.28. The monoisotopic (exact) mass is 343 g/mol. The van der Waals surface area contributed by atoms with Crippen LogP contribution in [-0.4, -0.2) is 40.8 Å². The van der Waals surface area contributed by atoms with Gasteiger partial charge in [0.1, 0.15) is 11.7 Å². The van der Waals surface area contributed by atoms with E-state index in [1.807, 2.05) is 37.3 Å². The molecule has 1 unspecified atom stereocenters. The van der Waals surface area contributed by atoms with Crippen LogP contribution in [0.15, 0.2) is 48.7 Å². The van der Waals surface area contributed by atoms with Gasteiger partial charge in [-0.3, -0.25) is 14.6 Å². The van der Waals surface area contributed by atoms with Crippen molar-refractivity contribution in [2.45, 2.75) is 19.4 Å². The lowest BCUT2D eigenvalue weighted by Gasteiger charge is -2.26. The number of hydrogen-bond donors (Lipinski definition) is 0. The van der Waals surface area contributed by atoms with Gasteiger partial charge in [-0.15, -0.1) is 0 Å². The summed E-state index contributed by atoms with van der Waals surface area (Å²) in [6.07, 6.45) is 2.10. The van der Waals surface area contributed by atoms with E-state index in [9.17, 15) is 9.59 Å². The Labute approximate surface area is 145 Å². The number of anilines is 1. The van der Waals surface area contributed by atoms with Crippen molar-refractivity contribution in [2.24, 2.45) is 0 Å². The summed E-state index contributed by atoms with van der Waals surface area (Å²) in [4.78, 5) is 32.9. The first kappa shape index (κ1) is 16.5. The van der Waals surface area contributed by atoms with E-state index in [4.69, 9.17) is 11.6 Å². The molecule has 1 fully saturated rings. The van der Waals surface area contributed by atoms with E-state index in [1.54, 1.807) is 15.9 Å². The molecular weight excluding hydrogens is 326 g/mol. The second-order valence-electron chi connectivity index (χ2n) is 5.58. The molecule has 1 saturated heterocycles. The van der Waals surface area contributed by atoms with Crippen LogP contribution in [0, 0.1) is 0 Å². The number of likely N-dealkylation sites (N-methyl/N-ethyl adjacent to an activating group) is 1. The molecule has 24 heavy (non-hydrogen) atoms. The summed E-state index contributed by atoms with van der Waals surface area (Å²) in [5.74, 6) is -0.327. The SMILES string of the molecule is CCN(C(=O)c1cc(Cl)ccn1)C1CCN(c2ccccc2)C1=O. The number of pyridine rings is 1. The Hall–Kier alpha value is -2.40. The number of para-hydroxylation sites is 1. The van der Waals surface area contributed by atoms with Crippen molar-refractivity contribution >= 4 is 29.1 Å². The predicted molar refractivity (Wildman–Crippen MR) is 93.2 cm³/mol. The average molecular weight is 344 g/mol. The number of nitrogens with zero attached hydrogens (tertiary/aromatic N) is 3. The molecule has 0 saturated carbocycles. The molecule has 2 aromatic rings. The van der Waals surface area contributed by atoms with Gasteiger partial charge in [0.2, 0.25) is 5.91 Å². The molecule has 1 atom stereocenters. The number of hydrogen-bond acceptors (Lipinski definition) is 3. The standard InChI is InChI=1S/C18H18ClN3O2/c1-2-21(17(23)15-12-13(19)8-10-20-15)16-9-11-22(18(16)24)14-6-4-3-5-7-14/h3-8,10,12,16H,2,9,11H2,1H3. The molecule has 5 nitrogen and oxygen atoms in total. The smallest absolute Gasteiger partial charge is 0.273 e. The van der Waals surface area contributed by atoms with Crippen LogP contribution in [-0.2, 0) is 4.79 Å². The first-order chi connectivity index (χ1) is 11.6. The van der Waals surface area contributed by atoms with Crippen molar-refractivity contribution in [3.8, 4) is 0 Å². The topological polar surface area (TPSA) is 53.5 Å². The van der Waals surface area contributed by atoms with Gasteiger partial charge >= 0.3 is 0 Å². The Balaban J connectivity index is 1.82. The summed E-state index contributed by atoms with van der Waals surface area (Å²) in [7, 11) is 0. The molecule has 1 aromatic carbocycles. The van der Waals surface area contributed by atoms with Crippen LogP contribution in [0.25, 0.3) is 0 Å². The zero-order chi connectivity index (χ0) is 17.1. The molecule has 6 heteroatoms. The van der Waals surface area contributed by atoms with Gasteiger partial charge in [0.15, 0.2) is 0 Å². The third kappa shape index (κ3) is 3.12. The summed E-state index contributed by atoms with van der Waals surface area (Å²) in [6, 6.07) is 12.2. The molecule has 1 aromatic heterocycles. The highest BCUT2D eigenvalue weighted by atomic mass is 35.5. The third-order valence-electron chi connectivity index (χ3n) is 4.16. The second kappa shape index (κ2) is 7.01. The second-order valence-corrected chi connectivity index (χ2v) is 6.02. The Bertz CT molecular complexity index is 751. The van der Waals surface area contributed by atoms with Crippen LogP contribution in [0.3, 0.4) is 0 Å². The third-order valence-corrected chi connectivity index (χ3v) is 4.40. The van der Waals surface area contributed by atoms with E-state index in [-0.39, 0.29) is 17.5 Å². The van der Waals surface area contributed by atoms with Crippen molar-refractivity contribution in [2.75, 3.05) is 18.0 Å². The summed E-state index contributed by atoms with van der Waals surface area (Å²) in [5, 5.41) is 0.452. The molecule has 1 aliphatic heterocycles. The zero-order valence-corrected chi connectivity index (χ0v) is 14.1. The van der Waals surface area contributed by atoms with Crippen molar-refractivity contribution in [3.63, 3.8) is 0 Å². The number of benzene rings is 1. The fraction of sp³-hybridized carbons (Fsp3) is 0.278.